The Morgan fingerprint density at radius 1 is 0.824 bits per heavy atom. The molecule has 0 fully saturated rings. The third-order valence-corrected chi connectivity index (χ3v) is 9.69. The molecule has 4 rings (SSSR count). The van der Waals surface area contributed by atoms with Crippen molar-refractivity contribution in [1.82, 2.24) is 16.1 Å². The standard InChI is InChI=1S/C39H46N6O5S/c1-25-21-26(2)35(28(4)27(25)3)51(48,49)45-36(40)32-20-14-15-29(22-32)23-33(42-38(47)50-39(5,6)7)24-41-44-37(46)43-34(30-16-10-8-11-17-30)31-18-12-9-13-19-31/h8-22,24,33-34H,23H2,1-7H3,(H2,40,45)(H,42,47)(H2,43,44,46). The minimum absolute atomic E-state index is 0.137. The zero-order chi connectivity index (χ0) is 37.3. The quantitative estimate of drug-likeness (QED) is 0.0786. The van der Waals surface area contributed by atoms with Crippen molar-refractivity contribution in [3.63, 3.8) is 0 Å². The normalized spacial score (nSPS) is 12.8. The van der Waals surface area contributed by atoms with Crippen LogP contribution in [-0.2, 0) is 21.2 Å². The van der Waals surface area contributed by atoms with Crippen molar-refractivity contribution in [2.24, 2.45) is 15.2 Å². The summed E-state index contributed by atoms with van der Waals surface area (Å²) in [4.78, 5) is 26.0. The van der Waals surface area contributed by atoms with Crippen molar-refractivity contribution in [3.8, 4) is 0 Å². The van der Waals surface area contributed by atoms with Gasteiger partial charge in [-0.1, -0.05) is 84.9 Å². The summed E-state index contributed by atoms with van der Waals surface area (Å²) >= 11 is 0. The Hall–Kier alpha value is -5.49. The topological polar surface area (TPSA) is 164 Å². The van der Waals surface area contributed by atoms with E-state index in [1.54, 1.807) is 58.9 Å². The summed E-state index contributed by atoms with van der Waals surface area (Å²) in [5, 5.41) is 9.88. The van der Waals surface area contributed by atoms with Crippen LogP contribution in [0.5, 0.6) is 0 Å². The van der Waals surface area contributed by atoms with E-state index >= 15 is 0 Å². The second kappa shape index (κ2) is 16.5. The van der Waals surface area contributed by atoms with Gasteiger partial charge in [0.05, 0.1) is 17.0 Å². The molecule has 12 heteroatoms. The lowest BCUT2D eigenvalue weighted by Crippen LogP contribution is -2.42. The van der Waals surface area contributed by atoms with Gasteiger partial charge in [0.1, 0.15) is 11.4 Å². The lowest BCUT2D eigenvalue weighted by molar-refractivity contribution is 0.0519. The molecular formula is C39H46N6O5S. The summed E-state index contributed by atoms with van der Waals surface area (Å²) in [5.41, 5.74) is 14.0. The number of hydrazone groups is 1. The number of rotatable bonds is 11. The maximum Gasteiger partial charge on any atom is 0.408 e. The van der Waals surface area contributed by atoms with Gasteiger partial charge < -0.3 is 21.1 Å². The molecule has 0 aliphatic carbocycles. The molecule has 0 saturated heterocycles. The fourth-order valence-electron chi connectivity index (χ4n) is 5.60. The van der Waals surface area contributed by atoms with E-state index in [1.807, 2.05) is 80.6 Å². The number of sulfonamides is 1. The highest BCUT2D eigenvalue weighted by atomic mass is 32.2. The van der Waals surface area contributed by atoms with Crippen molar-refractivity contribution >= 4 is 34.2 Å². The molecule has 3 amide bonds. The average Bonchev–Trinajstić information content (AvgIpc) is 3.06. The minimum Gasteiger partial charge on any atom is -0.444 e. The highest BCUT2D eigenvalue weighted by Crippen LogP contribution is 2.27. The molecule has 1 atom stereocenters. The molecule has 51 heavy (non-hydrogen) atoms. The van der Waals surface area contributed by atoms with E-state index in [1.165, 1.54) is 6.21 Å². The summed E-state index contributed by atoms with van der Waals surface area (Å²) < 4.78 is 36.3. The van der Waals surface area contributed by atoms with Crippen molar-refractivity contribution in [1.29, 1.82) is 0 Å². The lowest BCUT2D eigenvalue weighted by Gasteiger charge is -2.22. The molecule has 0 saturated carbocycles. The van der Waals surface area contributed by atoms with Crippen molar-refractivity contribution in [3.05, 3.63) is 136 Å². The Morgan fingerprint density at radius 2 is 1.43 bits per heavy atom. The largest absolute Gasteiger partial charge is 0.444 e. The number of ether oxygens (including phenoxy) is 1. The van der Waals surface area contributed by atoms with Crippen LogP contribution in [0.1, 0.15) is 71.3 Å². The number of amidine groups is 1. The average molecular weight is 711 g/mol. The van der Waals surface area contributed by atoms with Crippen LogP contribution in [-0.4, -0.2) is 44.2 Å². The van der Waals surface area contributed by atoms with Crippen LogP contribution in [0.15, 0.2) is 105 Å². The number of hydrogen-bond acceptors (Lipinski definition) is 6. The van der Waals surface area contributed by atoms with Crippen molar-refractivity contribution < 1.29 is 22.7 Å². The predicted molar refractivity (Wildman–Crippen MR) is 201 cm³/mol. The van der Waals surface area contributed by atoms with Gasteiger partial charge in [-0.2, -0.15) is 13.5 Å². The zero-order valence-electron chi connectivity index (χ0n) is 30.0. The van der Waals surface area contributed by atoms with E-state index < -0.39 is 39.8 Å². The second-order valence-electron chi connectivity index (χ2n) is 13.3. The van der Waals surface area contributed by atoms with Gasteiger partial charge in [-0.3, -0.25) is 0 Å². The molecule has 0 heterocycles. The van der Waals surface area contributed by atoms with Gasteiger partial charge in [0.15, 0.2) is 0 Å². The lowest BCUT2D eigenvalue weighted by atomic mass is 9.99. The number of carbonyl (C=O) groups excluding carboxylic acids is 2. The number of nitrogens with zero attached hydrogens (tertiary/aromatic N) is 2. The van der Waals surface area contributed by atoms with Crippen LogP contribution in [0.2, 0.25) is 0 Å². The number of carbonyl (C=O) groups is 2. The number of aryl methyl sites for hydroxylation is 2. The van der Waals surface area contributed by atoms with Gasteiger partial charge in [0.25, 0.3) is 10.0 Å². The van der Waals surface area contributed by atoms with Gasteiger partial charge in [0.2, 0.25) is 0 Å². The number of amides is 3. The molecular weight excluding hydrogens is 665 g/mol. The molecule has 0 spiro atoms. The Morgan fingerprint density at radius 3 is 2.02 bits per heavy atom. The monoisotopic (exact) mass is 710 g/mol. The van der Waals surface area contributed by atoms with Crippen LogP contribution in [0.3, 0.4) is 0 Å². The minimum atomic E-state index is -4.12. The molecule has 0 aliphatic rings. The third kappa shape index (κ3) is 10.7. The smallest absolute Gasteiger partial charge is 0.408 e. The van der Waals surface area contributed by atoms with Crippen LogP contribution in [0, 0.1) is 27.7 Å². The molecule has 268 valence electrons. The summed E-state index contributed by atoms with van der Waals surface area (Å²) in [6, 6.07) is 26.1. The molecule has 11 nitrogen and oxygen atoms in total. The molecule has 5 N–H and O–H groups in total. The van der Waals surface area contributed by atoms with Gasteiger partial charge >= 0.3 is 12.1 Å². The number of hydrogen-bond donors (Lipinski definition) is 4. The molecule has 0 bridgehead atoms. The number of nitrogens with one attached hydrogen (secondary N) is 3. The van der Waals surface area contributed by atoms with Crippen molar-refractivity contribution in [2.75, 3.05) is 0 Å². The van der Waals surface area contributed by atoms with E-state index in [9.17, 15) is 18.0 Å². The molecule has 0 aliphatic heterocycles. The molecule has 4 aromatic rings. The number of urea groups is 1. The van der Waals surface area contributed by atoms with Crippen LogP contribution < -0.4 is 21.8 Å². The van der Waals surface area contributed by atoms with E-state index in [-0.39, 0.29) is 17.2 Å². The Bertz CT molecular complexity index is 1990. The number of alkyl carbamates (subject to hydrolysis) is 1. The van der Waals surface area contributed by atoms with E-state index in [0.29, 0.717) is 22.3 Å². The van der Waals surface area contributed by atoms with Gasteiger partial charge in [-0.05, 0) is 99.9 Å². The maximum atomic E-state index is 13.4. The summed E-state index contributed by atoms with van der Waals surface area (Å²) in [5.74, 6) is -0.177. The highest BCUT2D eigenvalue weighted by molar-refractivity contribution is 7.90. The molecule has 1 unspecified atom stereocenters. The van der Waals surface area contributed by atoms with Crippen LogP contribution in [0.4, 0.5) is 9.59 Å². The van der Waals surface area contributed by atoms with Gasteiger partial charge in [-0.25, -0.2) is 15.0 Å². The number of nitrogens with two attached hydrogens (primary N) is 1. The first-order valence-corrected chi connectivity index (χ1v) is 17.9. The first-order chi connectivity index (χ1) is 24.0. The molecule has 0 radical (unpaired) electrons. The van der Waals surface area contributed by atoms with E-state index in [2.05, 4.69) is 25.6 Å². The number of benzene rings is 4. The van der Waals surface area contributed by atoms with Crippen molar-refractivity contribution in [2.45, 2.75) is 77.5 Å². The van der Waals surface area contributed by atoms with Gasteiger partial charge in [0, 0.05) is 11.8 Å². The predicted octanol–water partition coefficient (Wildman–Crippen LogP) is 6.52. The van der Waals surface area contributed by atoms with Gasteiger partial charge in [-0.15, -0.1) is 4.40 Å². The first kappa shape index (κ1) is 38.3. The summed E-state index contributed by atoms with van der Waals surface area (Å²) in [6.45, 7) is 12.5. The Labute approximate surface area is 300 Å². The zero-order valence-corrected chi connectivity index (χ0v) is 30.8. The second-order valence-corrected chi connectivity index (χ2v) is 14.9. The highest BCUT2D eigenvalue weighted by Gasteiger charge is 2.23. The fraction of sp³-hybridized carbons (Fsp3) is 0.282. The van der Waals surface area contributed by atoms with Crippen LogP contribution >= 0.6 is 0 Å². The Balaban J connectivity index is 1.55. The first-order valence-electron chi connectivity index (χ1n) is 16.5. The van der Waals surface area contributed by atoms with Crippen LogP contribution in [0.25, 0.3) is 0 Å². The SMILES string of the molecule is Cc1cc(C)c(S(=O)(=O)N=C(N)c2cccc(CC(C=NNC(=O)NC(c3ccccc3)c3ccccc3)NC(=O)OC(C)(C)C)c2)c(C)c1C. The summed E-state index contributed by atoms with van der Waals surface area (Å²) in [6.07, 6.45) is 0.911. The third-order valence-electron chi connectivity index (χ3n) is 8.10. The molecule has 4 aromatic carbocycles. The maximum absolute atomic E-state index is 13.4. The Kier molecular flexibility index (Phi) is 12.4. The van der Waals surface area contributed by atoms with E-state index in [0.717, 1.165) is 22.3 Å². The summed E-state index contributed by atoms with van der Waals surface area (Å²) in [7, 11) is -4.12. The van der Waals surface area contributed by atoms with E-state index in [4.69, 9.17) is 10.5 Å². The molecule has 0 aromatic heterocycles. The fourth-order valence-corrected chi connectivity index (χ4v) is 7.06.